The van der Waals surface area contributed by atoms with Gasteiger partial charge in [0.15, 0.2) is 11.5 Å². The Kier molecular flexibility index (Phi) is 3.56. The van der Waals surface area contributed by atoms with Gasteiger partial charge in [-0.2, -0.15) is 20.4 Å². The lowest BCUT2D eigenvalue weighted by atomic mass is 10.1. The molecule has 1 aromatic rings. The lowest BCUT2D eigenvalue weighted by Gasteiger charge is -2.15. The van der Waals surface area contributed by atoms with Gasteiger partial charge in [0.2, 0.25) is 0 Å². The van der Waals surface area contributed by atoms with E-state index in [9.17, 15) is 14.5 Å². The van der Waals surface area contributed by atoms with Crippen molar-refractivity contribution in [3.63, 3.8) is 0 Å². The van der Waals surface area contributed by atoms with E-state index >= 15 is 0 Å². The summed E-state index contributed by atoms with van der Waals surface area (Å²) >= 11 is 0. The largest absolute Gasteiger partial charge is 0.349 e. The highest BCUT2D eigenvalue weighted by molar-refractivity contribution is 5.82. The van der Waals surface area contributed by atoms with Crippen LogP contribution < -0.4 is 11.2 Å². The number of H-pyrrole nitrogens is 1. The normalized spacial score (nSPS) is 10.4. The minimum Gasteiger partial charge on any atom is -0.320 e. The Balaban J connectivity index is 2.53. The number of nitrogens with one attached hydrogen (secondary N) is 1. The SMILES string of the molecule is N#Cc1cc2nc3c(=O)[nH]c(=O)nc-3n(CCN=O)c2cc1C#N. The summed E-state index contributed by atoms with van der Waals surface area (Å²) in [5.41, 5.74) is -0.873. The number of benzene rings is 1. The molecule has 0 unspecified atom stereocenters. The van der Waals surface area contributed by atoms with Gasteiger partial charge in [-0.05, 0) is 12.1 Å². The molecule has 2 aliphatic heterocycles. The standard InChI is InChI=1S/C14H7N7O3/c15-5-7-3-9-10(4-8(7)6-16)21(2-1-17-24)12-11(18-9)13(22)20-14(23)19-12/h3-4H,1-2H2,(H,20,22,23). The predicted molar refractivity (Wildman–Crippen MR) is 81.1 cm³/mol. The molecule has 0 aliphatic carbocycles. The Morgan fingerprint density at radius 3 is 2.54 bits per heavy atom. The summed E-state index contributed by atoms with van der Waals surface area (Å²) in [6, 6.07) is 6.54. The van der Waals surface area contributed by atoms with Gasteiger partial charge in [0.05, 0.1) is 28.7 Å². The van der Waals surface area contributed by atoms with Crippen LogP contribution >= 0.6 is 0 Å². The van der Waals surface area contributed by atoms with Crippen LogP contribution in [-0.4, -0.2) is 26.1 Å². The van der Waals surface area contributed by atoms with E-state index in [-0.39, 0.29) is 41.3 Å². The van der Waals surface area contributed by atoms with Crippen LogP contribution in [0.25, 0.3) is 22.6 Å². The van der Waals surface area contributed by atoms with Crippen molar-refractivity contribution in [2.45, 2.75) is 6.54 Å². The Morgan fingerprint density at radius 1 is 1.17 bits per heavy atom. The van der Waals surface area contributed by atoms with Gasteiger partial charge in [0, 0.05) is 6.54 Å². The molecule has 0 saturated heterocycles. The molecule has 0 spiro atoms. The van der Waals surface area contributed by atoms with Gasteiger partial charge in [-0.15, -0.1) is 0 Å². The lowest BCUT2D eigenvalue weighted by molar-refractivity contribution is 0.710. The first-order valence-corrected chi connectivity index (χ1v) is 6.67. The third kappa shape index (κ3) is 2.28. The number of nitriles is 2. The molecule has 0 radical (unpaired) electrons. The van der Waals surface area contributed by atoms with Crippen LogP contribution in [0.3, 0.4) is 0 Å². The van der Waals surface area contributed by atoms with Crippen LogP contribution in [0.5, 0.6) is 0 Å². The second-order valence-electron chi connectivity index (χ2n) is 4.77. The van der Waals surface area contributed by atoms with E-state index in [4.69, 9.17) is 10.5 Å². The van der Waals surface area contributed by atoms with Crippen molar-refractivity contribution in [2.75, 3.05) is 6.54 Å². The average Bonchev–Trinajstić information content (AvgIpc) is 2.58. The number of nitrogens with zero attached hydrogens (tertiary/aromatic N) is 6. The molecule has 24 heavy (non-hydrogen) atoms. The molecule has 1 N–H and O–H groups in total. The Hall–Kier alpha value is -3.92. The number of rotatable bonds is 3. The summed E-state index contributed by atoms with van der Waals surface area (Å²) in [4.78, 5) is 43.8. The highest BCUT2D eigenvalue weighted by atomic mass is 16.3. The summed E-state index contributed by atoms with van der Waals surface area (Å²) in [5, 5.41) is 21.0. The first-order valence-electron chi connectivity index (χ1n) is 6.67. The van der Waals surface area contributed by atoms with Crippen LogP contribution in [0, 0.1) is 27.6 Å². The van der Waals surface area contributed by atoms with Gasteiger partial charge in [-0.25, -0.2) is 9.78 Å². The van der Waals surface area contributed by atoms with Gasteiger partial charge in [-0.1, -0.05) is 5.18 Å². The fourth-order valence-corrected chi connectivity index (χ4v) is 2.39. The second kappa shape index (κ2) is 5.70. The number of hydrogen-bond acceptors (Lipinski definition) is 8. The monoisotopic (exact) mass is 321 g/mol. The van der Waals surface area contributed by atoms with E-state index in [2.05, 4.69) is 15.1 Å². The van der Waals surface area contributed by atoms with Crippen LogP contribution in [0.4, 0.5) is 0 Å². The minimum absolute atomic E-state index is 0.0199. The van der Waals surface area contributed by atoms with E-state index in [0.29, 0.717) is 5.52 Å². The Morgan fingerprint density at radius 2 is 1.88 bits per heavy atom. The second-order valence-corrected chi connectivity index (χ2v) is 4.77. The van der Waals surface area contributed by atoms with E-state index in [0.717, 1.165) is 0 Å². The molecule has 0 aromatic heterocycles. The summed E-state index contributed by atoms with van der Waals surface area (Å²) in [5.74, 6) is -0.0199. The maximum absolute atomic E-state index is 12.0. The van der Waals surface area contributed by atoms with Crippen molar-refractivity contribution in [2.24, 2.45) is 5.18 Å². The minimum atomic E-state index is -0.851. The molecule has 0 bridgehead atoms. The molecule has 1 aromatic carbocycles. The quantitative estimate of drug-likeness (QED) is 0.529. The van der Waals surface area contributed by atoms with E-state index in [1.165, 1.54) is 16.7 Å². The molecule has 3 rings (SSSR count). The zero-order chi connectivity index (χ0) is 17.3. The van der Waals surface area contributed by atoms with E-state index < -0.39 is 11.2 Å². The summed E-state index contributed by atoms with van der Waals surface area (Å²) in [6.07, 6.45) is 0. The zero-order valence-electron chi connectivity index (χ0n) is 12.0. The average molecular weight is 321 g/mol. The summed E-state index contributed by atoms with van der Waals surface area (Å²) < 4.78 is 1.41. The molecular formula is C14H7N7O3. The molecule has 2 heterocycles. The van der Waals surface area contributed by atoms with Gasteiger partial charge >= 0.3 is 5.69 Å². The molecule has 2 aliphatic rings. The lowest BCUT2D eigenvalue weighted by Crippen LogP contribution is -2.29. The fraction of sp³-hybridized carbons (Fsp3) is 0.143. The van der Waals surface area contributed by atoms with Crippen molar-refractivity contribution in [1.29, 1.82) is 10.5 Å². The van der Waals surface area contributed by atoms with Crippen molar-refractivity contribution in [3.8, 4) is 23.7 Å². The topological polar surface area (TPSA) is 158 Å². The Bertz CT molecular complexity index is 1150. The van der Waals surface area contributed by atoms with Crippen LogP contribution in [-0.2, 0) is 6.54 Å². The molecule has 0 fully saturated rings. The van der Waals surface area contributed by atoms with E-state index in [1.54, 1.807) is 0 Å². The van der Waals surface area contributed by atoms with Crippen molar-refractivity contribution in [1.82, 2.24) is 19.5 Å². The smallest absolute Gasteiger partial charge is 0.320 e. The molecule has 0 atom stereocenters. The van der Waals surface area contributed by atoms with Crippen LogP contribution in [0.2, 0.25) is 0 Å². The van der Waals surface area contributed by atoms with Gasteiger partial charge in [-0.3, -0.25) is 9.78 Å². The van der Waals surface area contributed by atoms with Crippen molar-refractivity contribution < 1.29 is 0 Å². The molecule has 10 nitrogen and oxygen atoms in total. The predicted octanol–water partition coefficient (Wildman–Crippen LogP) is 0.0944. The zero-order valence-corrected chi connectivity index (χ0v) is 12.0. The molecule has 116 valence electrons. The third-order valence-electron chi connectivity index (χ3n) is 3.40. The van der Waals surface area contributed by atoms with Gasteiger partial charge in [0.25, 0.3) is 5.56 Å². The number of hydrogen-bond donors (Lipinski definition) is 1. The first-order chi connectivity index (χ1) is 11.6. The summed E-state index contributed by atoms with van der Waals surface area (Å²) in [7, 11) is 0. The highest BCUT2D eigenvalue weighted by Gasteiger charge is 2.19. The first kappa shape index (κ1) is 15.0. The van der Waals surface area contributed by atoms with Gasteiger partial charge in [0.1, 0.15) is 12.1 Å². The molecule has 0 amide bonds. The molecular weight excluding hydrogens is 314 g/mol. The highest BCUT2D eigenvalue weighted by Crippen LogP contribution is 2.23. The third-order valence-corrected chi connectivity index (χ3v) is 3.40. The van der Waals surface area contributed by atoms with Crippen molar-refractivity contribution in [3.05, 3.63) is 49.0 Å². The summed E-state index contributed by atoms with van der Waals surface area (Å²) in [6.45, 7) is -0.102. The Labute approximate surface area is 133 Å². The number of aromatic nitrogens is 4. The van der Waals surface area contributed by atoms with Crippen molar-refractivity contribution >= 4 is 11.0 Å². The maximum atomic E-state index is 12.0. The molecule has 10 heteroatoms. The fourth-order valence-electron chi connectivity index (χ4n) is 2.39. The number of fused-ring (bicyclic) bond motifs is 2. The van der Waals surface area contributed by atoms with Crippen LogP contribution in [0.1, 0.15) is 11.1 Å². The van der Waals surface area contributed by atoms with Crippen LogP contribution in [0.15, 0.2) is 26.9 Å². The molecule has 0 saturated carbocycles. The van der Waals surface area contributed by atoms with E-state index in [1.807, 2.05) is 17.1 Å². The number of nitroso groups, excluding NO2 is 1. The number of aromatic amines is 1. The van der Waals surface area contributed by atoms with Gasteiger partial charge < -0.3 is 4.57 Å². The maximum Gasteiger partial charge on any atom is 0.349 e.